The normalized spacial score (nSPS) is 10.9. The van der Waals surface area contributed by atoms with Crippen LogP contribution in [0.5, 0.6) is 5.75 Å². The number of aromatic nitrogens is 5. The van der Waals surface area contributed by atoms with Gasteiger partial charge in [0.15, 0.2) is 0 Å². The van der Waals surface area contributed by atoms with Crippen molar-refractivity contribution >= 4 is 10.9 Å². The maximum Gasteiger partial charge on any atom is 0.143 e. The molecule has 6 nitrogen and oxygen atoms in total. The van der Waals surface area contributed by atoms with Gasteiger partial charge < -0.3 is 4.74 Å². The van der Waals surface area contributed by atoms with Gasteiger partial charge in [-0.25, -0.2) is 9.07 Å². The fourth-order valence-corrected chi connectivity index (χ4v) is 2.47. The van der Waals surface area contributed by atoms with E-state index >= 15 is 0 Å². The first-order valence-electron chi connectivity index (χ1n) is 7.29. The minimum Gasteiger partial charge on any atom is -0.489 e. The zero-order valence-corrected chi connectivity index (χ0v) is 12.5. The highest BCUT2D eigenvalue weighted by Gasteiger charge is 2.08. The molecule has 0 N–H and O–H groups in total. The Labute approximate surface area is 136 Å². The SMILES string of the molecule is Fc1ccc(COc2cccc(-n3cnnn3)c2)c2ncccc12. The topological polar surface area (TPSA) is 65.7 Å². The molecule has 0 spiro atoms. The largest absolute Gasteiger partial charge is 0.489 e. The predicted octanol–water partition coefficient (Wildman–Crippen LogP) is 2.93. The molecular formula is C17H12FN5O. The van der Waals surface area contributed by atoms with Crippen molar-refractivity contribution < 1.29 is 9.13 Å². The molecule has 4 aromatic rings. The number of benzene rings is 2. The fraction of sp³-hybridized carbons (Fsp3) is 0.0588. The van der Waals surface area contributed by atoms with Gasteiger partial charge in [0.25, 0.3) is 0 Å². The number of fused-ring (bicyclic) bond motifs is 1. The van der Waals surface area contributed by atoms with E-state index in [1.54, 1.807) is 29.1 Å². The zero-order valence-electron chi connectivity index (χ0n) is 12.5. The molecule has 2 aromatic carbocycles. The number of tetrazole rings is 1. The van der Waals surface area contributed by atoms with Gasteiger partial charge in [-0.3, -0.25) is 4.98 Å². The van der Waals surface area contributed by atoms with Crippen LogP contribution in [0.25, 0.3) is 16.6 Å². The summed E-state index contributed by atoms with van der Waals surface area (Å²) < 4.78 is 21.2. The van der Waals surface area contributed by atoms with Crippen molar-refractivity contribution in [1.82, 2.24) is 25.2 Å². The van der Waals surface area contributed by atoms with Gasteiger partial charge in [-0.05, 0) is 40.8 Å². The molecule has 7 heteroatoms. The van der Waals surface area contributed by atoms with Crippen LogP contribution >= 0.6 is 0 Å². The maximum absolute atomic E-state index is 13.8. The van der Waals surface area contributed by atoms with E-state index in [1.165, 1.54) is 12.4 Å². The second-order valence-corrected chi connectivity index (χ2v) is 5.15. The van der Waals surface area contributed by atoms with Crippen molar-refractivity contribution in [2.75, 3.05) is 0 Å². The van der Waals surface area contributed by atoms with Gasteiger partial charge >= 0.3 is 0 Å². The third-order valence-electron chi connectivity index (χ3n) is 3.63. The second kappa shape index (κ2) is 6.04. The van der Waals surface area contributed by atoms with E-state index in [0.29, 0.717) is 16.7 Å². The monoisotopic (exact) mass is 321 g/mol. The predicted molar refractivity (Wildman–Crippen MR) is 85.2 cm³/mol. The van der Waals surface area contributed by atoms with E-state index in [0.717, 1.165) is 11.3 Å². The van der Waals surface area contributed by atoms with Crippen molar-refractivity contribution in [1.29, 1.82) is 0 Å². The second-order valence-electron chi connectivity index (χ2n) is 5.15. The highest BCUT2D eigenvalue weighted by Crippen LogP contribution is 2.22. The van der Waals surface area contributed by atoms with Crippen LogP contribution in [-0.2, 0) is 6.61 Å². The molecule has 118 valence electrons. The minimum atomic E-state index is -0.289. The Hall–Kier alpha value is -3.35. The standard InChI is InChI=1S/C17H12FN5O/c18-16-7-6-12(17-15(16)5-2-8-19-17)10-24-14-4-1-3-13(9-14)23-11-20-21-22-23/h1-9,11H,10H2. The number of ether oxygens (including phenoxy) is 1. The van der Waals surface area contributed by atoms with Crippen molar-refractivity contribution in [3.8, 4) is 11.4 Å². The lowest BCUT2D eigenvalue weighted by atomic mass is 10.1. The summed E-state index contributed by atoms with van der Waals surface area (Å²) in [5, 5.41) is 11.6. The summed E-state index contributed by atoms with van der Waals surface area (Å²) >= 11 is 0. The Balaban J connectivity index is 1.60. The summed E-state index contributed by atoms with van der Waals surface area (Å²) in [6, 6.07) is 13.9. The van der Waals surface area contributed by atoms with Gasteiger partial charge in [0.2, 0.25) is 0 Å². The van der Waals surface area contributed by atoms with Gasteiger partial charge in [-0.15, -0.1) is 5.10 Å². The number of rotatable bonds is 4. The van der Waals surface area contributed by atoms with Crippen LogP contribution in [-0.4, -0.2) is 25.2 Å². The van der Waals surface area contributed by atoms with Gasteiger partial charge in [0.05, 0.1) is 11.2 Å². The van der Waals surface area contributed by atoms with Gasteiger partial charge in [-0.1, -0.05) is 12.1 Å². The molecule has 0 saturated heterocycles. The van der Waals surface area contributed by atoms with Crippen LogP contribution in [0, 0.1) is 5.82 Å². The lowest BCUT2D eigenvalue weighted by Gasteiger charge is -2.10. The molecule has 0 fully saturated rings. The van der Waals surface area contributed by atoms with E-state index in [1.807, 2.05) is 24.3 Å². The summed E-state index contributed by atoms with van der Waals surface area (Å²) in [6.45, 7) is 0.285. The Bertz CT molecular complexity index is 987. The van der Waals surface area contributed by atoms with Crippen LogP contribution in [0.2, 0.25) is 0 Å². The van der Waals surface area contributed by atoms with Gasteiger partial charge in [0.1, 0.15) is 24.5 Å². The molecule has 0 radical (unpaired) electrons. The third kappa shape index (κ3) is 2.67. The first-order chi connectivity index (χ1) is 11.8. The lowest BCUT2D eigenvalue weighted by Crippen LogP contribution is -2.00. The smallest absolute Gasteiger partial charge is 0.143 e. The summed E-state index contributed by atoms with van der Waals surface area (Å²) in [4.78, 5) is 4.26. The van der Waals surface area contributed by atoms with Crippen molar-refractivity contribution in [3.05, 3.63) is 72.4 Å². The van der Waals surface area contributed by atoms with Gasteiger partial charge in [-0.2, -0.15) is 0 Å². The van der Waals surface area contributed by atoms with Crippen LogP contribution < -0.4 is 4.74 Å². The molecule has 4 rings (SSSR count). The summed E-state index contributed by atoms with van der Waals surface area (Å²) in [7, 11) is 0. The fourth-order valence-electron chi connectivity index (χ4n) is 2.47. The van der Waals surface area contributed by atoms with Gasteiger partial charge in [0, 0.05) is 23.2 Å². The Kier molecular flexibility index (Phi) is 3.59. The molecule has 0 saturated carbocycles. The van der Waals surface area contributed by atoms with Crippen LogP contribution in [0.15, 0.2) is 61.1 Å². The van der Waals surface area contributed by atoms with Crippen molar-refractivity contribution in [3.63, 3.8) is 0 Å². The molecule has 0 amide bonds. The van der Waals surface area contributed by atoms with Crippen LogP contribution in [0.3, 0.4) is 0 Å². The molecule has 0 atom stereocenters. The molecule has 0 aliphatic carbocycles. The molecular weight excluding hydrogens is 309 g/mol. The summed E-state index contributed by atoms with van der Waals surface area (Å²) in [5.41, 5.74) is 2.22. The summed E-state index contributed by atoms with van der Waals surface area (Å²) in [5.74, 6) is 0.374. The molecule has 0 aliphatic rings. The molecule has 0 aliphatic heterocycles. The summed E-state index contributed by atoms with van der Waals surface area (Å²) in [6.07, 6.45) is 3.15. The number of hydrogen-bond donors (Lipinski definition) is 0. The highest BCUT2D eigenvalue weighted by atomic mass is 19.1. The van der Waals surface area contributed by atoms with E-state index < -0.39 is 0 Å². The third-order valence-corrected chi connectivity index (χ3v) is 3.63. The van der Waals surface area contributed by atoms with E-state index in [9.17, 15) is 4.39 Å². The Morgan fingerprint density at radius 3 is 2.92 bits per heavy atom. The highest BCUT2D eigenvalue weighted by molar-refractivity contribution is 5.82. The average Bonchev–Trinajstić information content (AvgIpc) is 3.16. The zero-order chi connectivity index (χ0) is 16.4. The van der Waals surface area contributed by atoms with E-state index in [4.69, 9.17) is 4.74 Å². The molecule has 2 aromatic heterocycles. The number of halogens is 1. The first-order valence-corrected chi connectivity index (χ1v) is 7.29. The molecule has 0 unspecified atom stereocenters. The van der Waals surface area contributed by atoms with Crippen LogP contribution in [0.4, 0.5) is 4.39 Å². The minimum absolute atomic E-state index is 0.285. The molecule has 2 heterocycles. The maximum atomic E-state index is 13.8. The van der Waals surface area contributed by atoms with E-state index in [2.05, 4.69) is 20.5 Å². The van der Waals surface area contributed by atoms with E-state index in [-0.39, 0.29) is 12.4 Å². The Morgan fingerprint density at radius 2 is 2.04 bits per heavy atom. The van der Waals surface area contributed by atoms with Crippen molar-refractivity contribution in [2.45, 2.75) is 6.61 Å². The quantitative estimate of drug-likeness (QED) is 0.578. The Morgan fingerprint density at radius 1 is 1.08 bits per heavy atom. The first kappa shape index (κ1) is 14.3. The number of hydrogen-bond acceptors (Lipinski definition) is 5. The lowest BCUT2D eigenvalue weighted by molar-refractivity contribution is 0.307. The van der Waals surface area contributed by atoms with Crippen LogP contribution in [0.1, 0.15) is 5.56 Å². The average molecular weight is 321 g/mol. The van der Waals surface area contributed by atoms with Crippen molar-refractivity contribution in [2.24, 2.45) is 0 Å². The number of nitrogens with zero attached hydrogens (tertiary/aromatic N) is 5. The molecule has 24 heavy (non-hydrogen) atoms. The number of pyridine rings is 1. The molecule has 0 bridgehead atoms.